The molecule has 1 aliphatic rings. The molecule has 120 valence electrons. The second kappa shape index (κ2) is 8.04. The minimum Gasteiger partial charge on any atom is -0.348 e. The summed E-state index contributed by atoms with van der Waals surface area (Å²) in [7, 11) is 0. The first-order valence-corrected chi connectivity index (χ1v) is 8.88. The van der Waals surface area contributed by atoms with Crippen molar-refractivity contribution in [3.63, 3.8) is 0 Å². The molecule has 5 heteroatoms. The van der Waals surface area contributed by atoms with Gasteiger partial charge < -0.3 is 5.32 Å². The molecule has 2 aromatic rings. The van der Waals surface area contributed by atoms with Crippen molar-refractivity contribution in [1.29, 1.82) is 0 Å². The van der Waals surface area contributed by atoms with Crippen molar-refractivity contribution in [3.8, 4) is 0 Å². The lowest BCUT2D eigenvalue weighted by Crippen LogP contribution is -2.44. The molecule has 0 bridgehead atoms. The lowest BCUT2D eigenvalue weighted by molar-refractivity contribution is 0.0910. The summed E-state index contributed by atoms with van der Waals surface area (Å²) in [5.74, 6) is -0.0475. The van der Waals surface area contributed by atoms with Gasteiger partial charge in [-0.3, -0.25) is 9.69 Å². The van der Waals surface area contributed by atoms with Crippen LogP contribution in [0, 0.1) is 0 Å². The first-order valence-electron chi connectivity index (χ1n) is 7.94. The number of nitrogens with zero attached hydrogens (tertiary/aromatic N) is 2. The Balaban J connectivity index is 1.40. The molecular formula is C18H21N3OS. The lowest BCUT2D eigenvalue weighted by Gasteiger charge is -2.31. The molecule has 23 heavy (non-hydrogen) atoms. The van der Waals surface area contributed by atoms with E-state index < -0.39 is 0 Å². The summed E-state index contributed by atoms with van der Waals surface area (Å²) in [4.78, 5) is 18.5. The molecule has 0 saturated carbocycles. The minimum atomic E-state index is -0.0475. The maximum Gasteiger partial charge on any atom is 0.270 e. The topological polar surface area (TPSA) is 45.2 Å². The number of benzene rings is 1. The van der Waals surface area contributed by atoms with Crippen molar-refractivity contribution >= 4 is 23.3 Å². The first kappa shape index (κ1) is 15.9. The number of hydrogen-bond acceptors (Lipinski definition) is 4. The fourth-order valence-electron chi connectivity index (χ4n) is 2.75. The summed E-state index contributed by atoms with van der Waals surface area (Å²) < 4.78 is 0. The highest BCUT2D eigenvalue weighted by molar-refractivity contribution is 7.07. The van der Waals surface area contributed by atoms with E-state index in [1.807, 2.05) is 6.07 Å². The zero-order valence-electron chi connectivity index (χ0n) is 13.0. The minimum absolute atomic E-state index is 0.0475. The van der Waals surface area contributed by atoms with Crippen molar-refractivity contribution in [2.45, 2.75) is 18.9 Å². The molecule has 1 aromatic heterocycles. The number of amides is 1. The average molecular weight is 327 g/mol. The summed E-state index contributed by atoms with van der Waals surface area (Å²) in [6.07, 6.45) is 6.36. The van der Waals surface area contributed by atoms with Gasteiger partial charge >= 0.3 is 0 Å². The molecule has 1 saturated heterocycles. The van der Waals surface area contributed by atoms with E-state index in [2.05, 4.69) is 51.6 Å². The third kappa shape index (κ3) is 4.74. The fourth-order valence-corrected chi connectivity index (χ4v) is 3.28. The Bertz CT molecular complexity index is 632. The van der Waals surface area contributed by atoms with Gasteiger partial charge in [0.15, 0.2) is 0 Å². The molecule has 0 spiro atoms. The molecule has 1 aliphatic heterocycles. The quantitative estimate of drug-likeness (QED) is 0.918. The Kier molecular flexibility index (Phi) is 5.56. The van der Waals surface area contributed by atoms with Gasteiger partial charge in [-0.05, 0) is 18.4 Å². The van der Waals surface area contributed by atoms with Crippen LogP contribution in [0.5, 0.6) is 0 Å². The number of aromatic nitrogens is 1. The van der Waals surface area contributed by atoms with Crippen LogP contribution >= 0.6 is 11.3 Å². The summed E-state index contributed by atoms with van der Waals surface area (Å²) in [6.45, 7) is 2.99. The SMILES string of the molecule is O=C(NC1CCN(C/C=C/c2ccccc2)CC1)c1cscn1. The molecule has 4 nitrogen and oxygen atoms in total. The molecule has 0 unspecified atom stereocenters. The Morgan fingerprint density at radius 1 is 1.30 bits per heavy atom. The van der Waals surface area contributed by atoms with Crippen molar-refractivity contribution < 1.29 is 4.79 Å². The van der Waals surface area contributed by atoms with Gasteiger partial charge in [0.2, 0.25) is 0 Å². The molecule has 0 aliphatic carbocycles. The Morgan fingerprint density at radius 2 is 2.09 bits per heavy atom. The van der Waals surface area contributed by atoms with E-state index in [0.29, 0.717) is 5.69 Å². The standard InChI is InChI=1S/C18H21N3OS/c22-18(17-13-23-14-19-17)20-16-8-11-21(12-9-16)10-4-7-15-5-2-1-3-6-15/h1-7,13-14,16H,8-12H2,(H,20,22)/b7-4+. The van der Waals surface area contributed by atoms with E-state index in [1.54, 1.807) is 10.9 Å². The maximum atomic E-state index is 12.0. The van der Waals surface area contributed by atoms with Crippen LogP contribution in [0.2, 0.25) is 0 Å². The number of carbonyl (C=O) groups is 1. The molecule has 1 amide bonds. The monoisotopic (exact) mass is 327 g/mol. The van der Waals surface area contributed by atoms with E-state index >= 15 is 0 Å². The first-order chi connectivity index (χ1) is 11.3. The normalized spacial score (nSPS) is 16.7. The third-order valence-corrected chi connectivity index (χ3v) is 4.65. The average Bonchev–Trinajstić information content (AvgIpc) is 3.12. The Morgan fingerprint density at radius 3 is 2.78 bits per heavy atom. The fraction of sp³-hybridized carbons (Fsp3) is 0.333. The predicted octanol–water partition coefficient (Wildman–Crippen LogP) is 3.05. The highest BCUT2D eigenvalue weighted by Gasteiger charge is 2.20. The van der Waals surface area contributed by atoms with Crippen LogP contribution in [0.1, 0.15) is 28.9 Å². The molecule has 1 fully saturated rings. The predicted molar refractivity (Wildman–Crippen MR) is 94.5 cm³/mol. The molecule has 0 atom stereocenters. The van der Waals surface area contributed by atoms with Gasteiger partial charge in [0.25, 0.3) is 5.91 Å². The Labute approximate surface area is 140 Å². The van der Waals surface area contributed by atoms with Crippen molar-refractivity contribution in [2.75, 3.05) is 19.6 Å². The smallest absolute Gasteiger partial charge is 0.270 e. The van der Waals surface area contributed by atoms with Crippen LogP contribution in [0.4, 0.5) is 0 Å². The van der Waals surface area contributed by atoms with Crippen LogP contribution in [-0.2, 0) is 0 Å². The van der Waals surface area contributed by atoms with Crippen LogP contribution in [0.25, 0.3) is 6.08 Å². The van der Waals surface area contributed by atoms with Crippen molar-refractivity contribution in [3.05, 3.63) is 58.6 Å². The van der Waals surface area contributed by atoms with Crippen molar-refractivity contribution in [1.82, 2.24) is 15.2 Å². The van der Waals surface area contributed by atoms with Gasteiger partial charge in [0.05, 0.1) is 5.51 Å². The molecular weight excluding hydrogens is 306 g/mol. The molecule has 1 aromatic carbocycles. The Hall–Kier alpha value is -1.98. The van der Waals surface area contributed by atoms with E-state index in [9.17, 15) is 4.79 Å². The van der Waals surface area contributed by atoms with Gasteiger partial charge in [0.1, 0.15) is 5.69 Å². The number of rotatable bonds is 5. The largest absolute Gasteiger partial charge is 0.348 e. The summed E-state index contributed by atoms with van der Waals surface area (Å²) in [6, 6.07) is 10.6. The van der Waals surface area contributed by atoms with Crippen LogP contribution in [0.15, 0.2) is 47.3 Å². The van der Waals surface area contributed by atoms with Gasteiger partial charge in [-0.15, -0.1) is 11.3 Å². The number of nitrogens with one attached hydrogen (secondary N) is 1. The van der Waals surface area contributed by atoms with Crippen LogP contribution in [-0.4, -0.2) is 41.5 Å². The highest BCUT2D eigenvalue weighted by Crippen LogP contribution is 2.12. The highest BCUT2D eigenvalue weighted by atomic mass is 32.1. The molecule has 1 N–H and O–H groups in total. The summed E-state index contributed by atoms with van der Waals surface area (Å²) in [5, 5.41) is 4.87. The van der Waals surface area contributed by atoms with E-state index in [0.717, 1.165) is 32.5 Å². The molecule has 0 radical (unpaired) electrons. The number of likely N-dealkylation sites (tertiary alicyclic amines) is 1. The molecule has 2 heterocycles. The third-order valence-electron chi connectivity index (χ3n) is 4.06. The van der Waals surface area contributed by atoms with Crippen LogP contribution in [0.3, 0.4) is 0 Å². The number of piperidine rings is 1. The zero-order valence-corrected chi connectivity index (χ0v) is 13.8. The summed E-state index contributed by atoms with van der Waals surface area (Å²) in [5.41, 5.74) is 3.46. The van der Waals surface area contributed by atoms with Crippen LogP contribution < -0.4 is 5.32 Å². The maximum absolute atomic E-state index is 12.0. The number of carbonyl (C=O) groups excluding carboxylic acids is 1. The number of thiazole rings is 1. The summed E-state index contributed by atoms with van der Waals surface area (Å²) >= 11 is 1.45. The number of hydrogen-bond donors (Lipinski definition) is 1. The second-order valence-corrected chi connectivity index (χ2v) is 6.45. The molecule has 3 rings (SSSR count). The van der Waals surface area contributed by atoms with E-state index in [1.165, 1.54) is 16.9 Å². The second-order valence-electron chi connectivity index (χ2n) is 5.74. The lowest BCUT2D eigenvalue weighted by atomic mass is 10.0. The van der Waals surface area contributed by atoms with E-state index in [-0.39, 0.29) is 11.9 Å². The zero-order chi connectivity index (χ0) is 15.9. The van der Waals surface area contributed by atoms with Gasteiger partial charge in [0, 0.05) is 31.1 Å². The van der Waals surface area contributed by atoms with Gasteiger partial charge in [-0.2, -0.15) is 0 Å². The van der Waals surface area contributed by atoms with Gasteiger partial charge in [-0.25, -0.2) is 4.98 Å². The van der Waals surface area contributed by atoms with Gasteiger partial charge in [-0.1, -0.05) is 42.5 Å². The van der Waals surface area contributed by atoms with E-state index in [4.69, 9.17) is 0 Å². The van der Waals surface area contributed by atoms with Crippen molar-refractivity contribution in [2.24, 2.45) is 0 Å².